The van der Waals surface area contributed by atoms with Gasteiger partial charge in [-0.1, -0.05) is 26.8 Å². The molecule has 0 aliphatic rings. The summed E-state index contributed by atoms with van der Waals surface area (Å²) in [7, 11) is 0. The van der Waals surface area contributed by atoms with Gasteiger partial charge in [0.05, 0.1) is 5.56 Å². The highest BCUT2D eigenvalue weighted by molar-refractivity contribution is 6.17. The van der Waals surface area contributed by atoms with Crippen LogP contribution in [0.1, 0.15) is 37.6 Å². The van der Waals surface area contributed by atoms with Crippen molar-refractivity contribution in [1.29, 1.82) is 0 Å². The van der Waals surface area contributed by atoms with Crippen LogP contribution in [0.15, 0.2) is 18.2 Å². The van der Waals surface area contributed by atoms with Crippen molar-refractivity contribution in [3.8, 4) is 11.5 Å². The second-order valence-corrected chi connectivity index (χ2v) is 5.92. The zero-order valence-electron chi connectivity index (χ0n) is 11.4. The minimum absolute atomic E-state index is 0.0591. The molecule has 0 heterocycles. The van der Waals surface area contributed by atoms with Crippen molar-refractivity contribution in [2.75, 3.05) is 5.88 Å². The normalized spacial score (nSPS) is 13.1. The van der Waals surface area contributed by atoms with Crippen molar-refractivity contribution in [3.05, 3.63) is 23.8 Å². The molecule has 0 saturated carbocycles. The highest BCUT2D eigenvalue weighted by Gasteiger charge is 2.27. The predicted octanol–water partition coefficient (Wildman–Crippen LogP) is 2.87. The van der Waals surface area contributed by atoms with E-state index in [4.69, 9.17) is 11.6 Å². The molecule has 0 fully saturated rings. The van der Waals surface area contributed by atoms with Crippen molar-refractivity contribution in [3.63, 3.8) is 0 Å². The Morgan fingerprint density at radius 1 is 1.37 bits per heavy atom. The molecule has 106 valence electrons. The molecular formula is C14H20ClNO3. The lowest BCUT2D eigenvalue weighted by Crippen LogP contribution is -2.44. The minimum Gasteiger partial charge on any atom is -0.504 e. The van der Waals surface area contributed by atoms with Crippen molar-refractivity contribution < 1.29 is 15.0 Å². The van der Waals surface area contributed by atoms with Crippen molar-refractivity contribution in [2.24, 2.45) is 5.41 Å². The van der Waals surface area contributed by atoms with Gasteiger partial charge in [0.1, 0.15) is 0 Å². The summed E-state index contributed by atoms with van der Waals surface area (Å²) in [6.45, 7) is 6.02. The van der Waals surface area contributed by atoms with Gasteiger partial charge in [-0.25, -0.2) is 0 Å². The maximum atomic E-state index is 12.1. The lowest BCUT2D eigenvalue weighted by Gasteiger charge is -2.31. The Morgan fingerprint density at radius 2 is 2.00 bits per heavy atom. The molecule has 1 aromatic rings. The van der Waals surface area contributed by atoms with E-state index >= 15 is 0 Å². The lowest BCUT2D eigenvalue weighted by molar-refractivity contribution is 0.0897. The molecule has 19 heavy (non-hydrogen) atoms. The van der Waals surface area contributed by atoms with Gasteiger partial charge >= 0.3 is 0 Å². The van der Waals surface area contributed by atoms with Gasteiger partial charge in [-0.15, -0.1) is 11.6 Å². The van der Waals surface area contributed by atoms with Crippen LogP contribution in [-0.4, -0.2) is 28.0 Å². The zero-order chi connectivity index (χ0) is 14.6. The van der Waals surface area contributed by atoms with E-state index in [2.05, 4.69) is 5.32 Å². The first-order chi connectivity index (χ1) is 8.77. The molecule has 0 aliphatic carbocycles. The number of rotatable bonds is 4. The highest BCUT2D eigenvalue weighted by Crippen LogP contribution is 2.29. The summed E-state index contributed by atoms with van der Waals surface area (Å²) in [4.78, 5) is 12.1. The summed E-state index contributed by atoms with van der Waals surface area (Å²) >= 11 is 5.75. The first kappa shape index (κ1) is 15.6. The SMILES string of the molecule is CC(C)(C)C(CCCl)NC(=O)c1cccc(O)c1O. The number of hydrogen-bond acceptors (Lipinski definition) is 3. The topological polar surface area (TPSA) is 69.6 Å². The molecule has 3 N–H and O–H groups in total. The van der Waals surface area contributed by atoms with Gasteiger partial charge in [0.25, 0.3) is 5.91 Å². The molecular weight excluding hydrogens is 266 g/mol. The number of alkyl halides is 1. The van der Waals surface area contributed by atoms with Gasteiger partial charge in [-0.3, -0.25) is 4.79 Å². The smallest absolute Gasteiger partial charge is 0.255 e. The van der Waals surface area contributed by atoms with E-state index in [9.17, 15) is 15.0 Å². The minimum atomic E-state index is -0.418. The van der Waals surface area contributed by atoms with Crippen LogP contribution in [0, 0.1) is 5.41 Å². The molecule has 1 atom stereocenters. The third-order valence-electron chi connectivity index (χ3n) is 3.01. The van der Waals surface area contributed by atoms with E-state index in [1.165, 1.54) is 18.2 Å². The molecule has 0 bridgehead atoms. The number of amides is 1. The van der Waals surface area contributed by atoms with Gasteiger partial charge in [-0.2, -0.15) is 0 Å². The molecule has 1 aromatic carbocycles. The monoisotopic (exact) mass is 285 g/mol. The fraction of sp³-hybridized carbons (Fsp3) is 0.500. The molecule has 0 saturated heterocycles. The second kappa shape index (κ2) is 6.15. The maximum absolute atomic E-state index is 12.1. The Bertz CT molecular complexity index is 454. The average molecular weight is 286 g/mol. The number of phenolic OH excluding ortho intramolecular Hbond substituents is 2. The molecule has 1 rings (SSSR count). The third kappa shape index (κ3) is 4.03. The Hall–Kier alpha value is -1.42. The number of aromatic hydroxyl groups is 2. The van der Waals surface area contributed by atoms with Crippen LogP contribution >= 0.6 is 11.6 Å². The van der Waals surface area contributed by atoms with Gasteiger partial charge in [-0.05, 0) is 24.0 Å². The Morgan fingerprint density at radius 3 is 2.53 bits per heavy atom. The summed E-state index contributed by atoms with van der Waals surface area (Å²) in [5.41, 5.74) is -0.0828. The predicted molar refractivity (Wildman–Crippen MR) is 75.8 cm³/mol. The van der Waals surface area contributed by atoms with Crippen molar-refractivity contribution in [2.45, 2.75) is 33.2 Å². The number of hydrogen-bond donors (Lipinski definition) is 3. The highest BCUT2D eigenvalue weighted by atomic mass is 35.5. The quantitative estimate of drug-likeness (QED) is 0.588. The number of nitrogens with one attached hydrogen (secondary N) is 1. The summed E-state index contributed by atoms with van der Waals surface area (Å²) < 4.78 is 0. The number of carbonyl (C=O) groups is 1. The van der Waals surface area contributed by atoms with Gasteiger partial charge in [0.2, 0.25) is 0 Å². The molecule has 4 nitrogen and oxygen atoms in total. The van der Waals surface area contributed by atoms with Crippen molar-refractivity contribution in [1.82, 2.24) is 5.32 Å². The van der Waals surface area contributed by atoms with E-state index in [1.54, 1.807) is 0 Å². The van der Waals surface area contributed by atoms with Crippen LogP contribution in [0.3, 0.4) is 0 Å². The Balaban J connectivity index is 2.91. The molecule has 1 unspecified atom stereocenters. The standard InChI is InChI=1S/C14H20ClNO3/c1-14(2,3)11(7-8-15)16-13(19)9-5-4-6-10(17)12(9)18/h4-6,11,17-18H,7-8H2,1-3H3,(H,16,19). The van der Waals surface area contributed by atoms with E-state index < -0.39 is 11.7 Å². The fourth-order valence-corrected chi connectivity index (χ4v) is 2.00. The van der Waals surface area contributed by atoms with Crippen LogP contribution in [0.4, 0.5) is 0 Å². The molecule has 0 aliphatic heterocycles. The maximum Gasteiger partial charge on any atom is 0.255 e. The van der Waals surface area contributed by atoms with E-state index in [0.717, 1.165) is 0 Å². The molecule has 1 amide bonds. The van der Waals surface area contributed by atoms with E-state index in [1.807, 2.05) is 20.8 Å². The number of carbonyl (C=O) groups excluding carboxylic acids is 1. The fourth-order valence-electron chi connectivity index (χ4n) is 1.78. The average Bonchev–Trinajstić information content (AvgIpc) is 2.30. The van der Waals surface area contributed by atoms with E-state index in [0.29, 0.717) is 12.3 Å². The van der Waals surface area contributed by atoms with Crippen LogP contribution in [-0.2, 0) is 0 Å². The summed E-state index contributed by atoms with van der Waals surface area (Å²) in [5, 5.41) is 21.9. The molecule has 5 heteroatoms. The van der Waals surface area contributed by atoms with Gasteiger partial charge < -0.3 is 15.5 Å². The van der Waals surface area contributed by atoms with Gasteiger partial charge in [0.15, 0.2) is 11.5 Å². The van der Waals surface area contributed by atoms with Crippen LogP contribution in [0.5, 0.6) is 11.5 Å². The first-order valence-electron chi connectivity index (χ1n) is 6.15. The number of para-hydroxylation sites is 1. The summed E-state index contributed by atoms with van der Waals surface area (Å²) in [5.74, 6) is -0.692. The molecule has 0 radical (unpaired) electrons. The summed E-state index contributed by atoms with van der Waals surface area (Å²) in [6, 6.07) is 4.19. The largest absolute Gasteiger partial charge is 0.504 e. The number of halogens is 1. The van der Waals surface area contributed by atoms with Gasteiger partial charge in [0, 0.05) is 11.9 Å². The molecule has 0 spiro atoms. The van der Waals surface area contributed by atoms with Crippen LogP contribution < -0.4 is 5.32 Å². The lowest BCUT2D eigenvalue weighted by atomic mass is 9.85. The van der Waals surface area contributed by atoms with Crippen LogP contribution in [0.2, 0.25) is 0 Å². The third-order valence-corrected chi connectivity index (χ3v) is 3.23. The summed E-state index contributed by atoms with van der Waals surface area (Å²) in [6.07, 6.45) is 0.635. The number of benzene rings is 1. The zero-order valence-corrected chi connectivity index (χ0v) is 12.2. The van der Waals surface area contributed by atoms with E-state index in [-0.39, 0.29) is 22.8 Å². The Labute approximate surface area is 118 Å². The first-order valence-corrected chi connectivity index (χ1v) is 6.68. The van der Waals surface area contributed by atoms with Crippen molar-refractivity contribution >= 4 is 17.5 Å². The Kier molecular flexibility index (Phi) is 5.06. The molecule has 0 aromatic heterocycles. The second-order valence-electron chi connectivity index (χ2n) is 5.54. The van der Waals surface area contributed by atoms with Crippen LogP contribution in [0.25, 0.3) is 0 Å². The number of phenols is 2.